The lowest BCUT2D eigenvalue weighted by Crippen LogP contribution is -2.32. The monoisotopic (exact) mass is 298 g/mol. The summed E-state index contributed by atoms with van der Waals surface area (Å²) in [5, 5.41) is 6.18. The van der Waals surface area contributed by atoms with Gasteiger partial charge >= 0.3 is 0 Å². The van der Waals surface area contributed by atoms with Crippen molar-refractivity contribution in [3.63, 3.8) is 0 Å². The second-order valence-electron chi connectivity index (χ2n) is 5.30. The lowest BCUT2D eigenvalue weighted by atomic mass is 10.2. The number of amides is 1. The van der Waals surface area contributed by atoms with E-state index < -0.39 is 0 Å². The highest BCUT2D eigenvalue weighted by Crippen LogP contribution is 2.13. The molecule has 1 amide bonds. The van der Waals surface area contributed by atoms with Crippen LogP contribution >= 0.6 is 0 Å². The lowest BCUT2D eigenvalue weighted by Gasteiger charge is -2.14. The molecule has 5 nitrogen and oxygen atoms in total. The zero-order chi connectivity index (χ0) is 15.9. The Morgan fingerprint density at radius 1 is 1.27 bits per heavy atom. The summed E-state index contributed by atoms with van der Waals surface area (Å²) in [5.41, 5.74) is 1.61. The van der Waals surface area contributed by atoms with Gasteiger partial charge in [0.05, 0.1) is 0 Å². The maximum absolute atomic E-state index is 12.3. The van der Waals surface area contributed by atoms with Gasteiger partial charge in [-0.25, -0.2) is 9.97 Å². The third-order valence-corrected chi connectivity index (χ3v) is 3.45. The molecule has 22 heavy (non-hydrogen) atoms. The first-order valence-corrected chi connectivity index (χ1v) is 7.52. The summed E-state index contributed by atoms with van der Waals surface area (Å²) < 4.78 is 0. The van der Waals surface area contributed by atoms with Crippen LogP contribution in [-0.4, -0.2) is 21.9 Å². The molecule has 0 aliphatic heterocycles. The highest BCUT2D eigenvalue weighted by atomic mass is 16.1. The molecule has 1 atom stereocenters. The van der Waals surface area contributed by atoms with Gasteiger partial charge in [0.2, 0.25) is 0 Å². The molecule has 0 aliphatic rings. The van der Waals surface area contributed by atoms with E-state index in [0.717, 1.165) is 12.0 Å². The van der Waals surface area contributed by atoms with Gasteiger partial charge in [0.25, 0.3) is 5.91 Å². The lowest BCUT2D eigenvalue weighted by molar-refractivity contribution is 0.0939. The minimum Gasteiger partial charge on any atom is -0.365 e. The second-order valence-corrected chi connectivity index (χ2v) is 5.30. The van der Waals surface area contributed by atoms with Crippen molar-refractivity contribution >= 4 is 11.7 Å². The van der Waals surface area contributed by atoms with Crippen molar-refractivity contribution in [3.8, 4) is 0 Å². The Morgan fingerprint density at radius 2 is 2.00 bits per heavy atom. The molecule has 0 radical (unpaired) electrons. The molecule has 0 spiro atoms. The molecule has 2 rings (SSSR count). The Bertz CT molecular complexity index is 628. The van der Waals surface area contributed by atoms with Crippen LogP contribution in [0.3, 0.4) is 0 Å². The molecule has 1 unspecified atom stereocenters. The van der Waals surface area contributed by atoms with Crippen LogP contribution in [0.25, 0.3) is 0 Å². The van der Waals surface area contributed by atoms with E-state index in [2.05, 4.69) is 20.6 Å². The van der Waals surface area contributed by atoms with Crippen molar-refractivity contribution in [2.75, 3.05) is 5.32 Å². The number of carbonyl (C=O) groups is 1. The van der Waals surface area contributed by atoms with Crippen LogP contribution in [0.2, 0.25) is 0 Å². The summed E-state index contributed by atoms with van der Waals surface area (Å²) in [5.74, 6) is 1.05. The van der Waals surface area contributed by atoms with E-state index in [1.807, 2.05) is 51.1 Å². The summed E-state index contributed by atoms with van der Waals surface area (Å²) in [4.78, 5) is 20.8. The standard InChI is InChI=1S/C17H22N4O/c1-4-12(2)20-17(22)15-11-18-13(3)21-16(15)19-10-14-8-6-5-7-9-14/h5-9,11-12H,4,10H2,1-3H3,(H,20,22)(H,18,19,21). The quantitative estimate of drug-likeness (QED) is 0.860. The van der Waals surface area contributed by atoms with E-state index in [9.17, 15) is 4.79 Å². The Hall–Kier alpha value is -2.43. The number of aryl methyl sites for hydroxylation is 1. The number of hydrogen-bond donors (Lipinski definition) is 2. The molecule has 0 bridgehead atoms. The highest BCUT2D eigenvalue weighted by Gasteiger charge is 2.15. The van der Waals surface area contributed by atoms with Gasteiger partial charge < -0.3 is 10.6 Å². The largest absolute Gasteiger partial charge is 0.365 e. The molecule has 5 heteroatoms. The van der Waals surface area contributed by atoms with Crippen LogP contribution in [0, 0.1) is 6.92 Å². The van der Waals surface area contributed by atoms with E-state index in [1.54, 1.807) is 6.20 Å². The van der Waals surface area contributed by atoms with Crippen molar-refractivity contribution in [2.45, 2.75) is 39.8 Å². The number of aromatic nitrogens is 2. The van der Waals surface area contributed by atoms with Crippen LogP contribution < -0.4 is 10.6 Å². The molecule has 2 aromatic rings. The van der Waals surface area contributed by atoms with Crippen LogP contribution in [0.4, 0.5) is 5.82 Å². The predicted molar refractivity (Wildman–Crippen MR) is 87.8 cm³/mol. The average molecular weight is 298 g/mol. The Morgan fingerprint density at radius 3 is 2.68 bits per heavy atom. The summed E-state index contributed by atoms with van der Waals surface area (Å²) in [6, 6.07) is 10.1. The SMILES string of the molecule is CCC(C)NC(=O)c1cnc(C)nc1NCc1ccccc1. The molecule has 116 valence electrons. The summed E-state index contributed by atoms with van der Waals surface area (Å²) >= 11 is 0. The van der Waals surface area contributed by atoms with Gasteiger partial charge in [0.15, 0.2) is 0 Å². The Balaban J connectivity index is 2.15. The first-order valence-electron chi connectivity index (χ1n) is 7.52. The minimum absolute atomic E-state index is 0.121. The molecule has 2 N–H and O–H groups in total. The Labute approximate surface area is 131 Å². The molecule has 1 heterocycles. The van der Waals surface area contributed by atoms with Gasteiger partial charge in [-0.1, -0.05) is 37.3 Å². The third kappa shape index (κ3) is 4.28. The fourth-order valence-corrected chi connectivity index (χ4v) is 1.96. The fraction of sp³-hybridized carbons (Fsp3) is 0.353. The summed E-state index contributed by atoms with van der Waals surface area (Å²) in [7, 11) is 0. The molecule has 1 aromatic carbocycles. The van der Waals surface area contributed by atoms with Crippen LogP contribution in [0.5, 0.6) is 0 Å². The summed E-state index contributed by atoms with van der Waals surface area (Å²) in [6.07, 6.45) is 2.46. The van der Waals surface area contributed by atoms with Gasteiger partial charge in [0, 0.05) is 18.8 Å². The van der Waals surface area contributed by atoms with Crippen LogP contribution in [0.1, 0.15) is 42.0 Å². The first-order chi connectivity index (χ1) is 10.6. The van der Waals surface area contributed by atoms with Gasteiger partial charge in [-0.05, 0) is 25.8 Å². The number of nitrogens with zero attached hydrogens (tertiary/aromatic N) is 2. The zero-order valence-electron chi connectivity index (χ0n) is 13.3. The van der Waals surface area contributed by atoms with Gasteiger partial charge in [-0.2, -0.15) is 0 Å². The number of rotatable bonds is 6. The number of carbonyl (C=O) groups excluding carboxylic acids is 1. The van der Waals surface area contributed by atoms with Crippen molar-refractivity contribution < 1.29 is 4.79 Å². The molecule has 0 saturated heterocycles. The topological polar surface area (TPSA) is 66.9 Å². The second kappa shape index (κ2) is 7.54. The van der Waals surface area contributed by atoms with Gasteiger partial charge in [-0.15, -0.1) is 0 Å². The van der Waals surface area contributed by atoms with Crippen molar-refractivity contribution in [2.24, 2.45) is 0 Å². The zero-order valence-corrected chi connectivity index (χ0v) is 13.3. The Kier molecular flexibility index (Phi) is 5.47. The number of nitrogens with one attached hydrogen (secondary N) is 2. The van der Waals surface area contributed by atoms with E-state index in [1.165, 1.54) is 0 Å². The van der Waals surface area contributed by atoms with Crippen LogP contribution in [-0.2, 0) is 6.54 Å². The maximum Gasteiger partial charge on any atom is 0.256 e. The van der Waals surface area contributed by atoms with E-state index in [4.69, 9.17) is 0 Å². The van der Waals surface area contributed by atoms with Gasteiger partial charge in [0.1, 0.15) is 17.2 Å². The number of anilines is 1. The molecule has 0 aliphatic carbocycles. The smallest absolute Gasteiger partial charge is 0.256 e. The highest BCUT2D eigenvalue weighted by molar-refractivity contribution is 5.98. The van der Waals surface area contributed by atoms with Crippen molar-refractivity contribution in [1.29, 1.82) is 0 Å². The van der Waals surface area contributed by atoms with E-state index >= 15 is 0 Å². The van der Waals surface area contributed by atoms with E-state index in [0.29, 0.717) is 23.8 Å². The van der Waals surface area contributed by atoms with Gasteiger partial charge in [-0.3, -0.25) is 4.79 Å². The molecular formula is C17H22N4O. The fourth-order valence-electron chi connectivity index (χ4n) is 1.96. The van der Waals surface area contributed by atoms with Crippen molar-refractivity contribution in [3.05, 3.63) is 53.5 Å². The normalized spacial score (nSPS) is 11.8. The van der Waals surface area contributed by atoms with E-state index in [-0.39, 0.29) is 11.9 Å². The number of hydrogen-bond acceptors (Lipinski definition) is 4. The third-order valence-electron chi connectivity index (χ3n) is 3.45. The van der Waals surface area contributed by atoms with Crippen LogP contribution in [0.15, 0.2) is 36.5 Å². The molecule has 0 fully saturated rings. The maximum atomic E-state index is 12.3. The minimum atomic E-state index is -0.148. The summed E-state index contributed by atoms with van der Waals surface area (Å²) in [6.45, 7) is 6.43. The molecular weight excluding hydrogens is 276 g/mol. The average Bonchev–Trinajstić information content (AvgIpc) is 2.53. The predicted octanol–water partition coefficient (Wildman–Crippen LogP) is 2.93. The molecule has 0 saturated carbocycles. The van der Waals surface area contributed by atoms with Crippen molar-refractivity contribution in [1.82, 2.24) is 15.3 Å². The number of benzene rings is 1. The molecule has 1 aromatic heterocycles. The first kappa shape index (κ1) is 15.9.